The summed E-state index contributed by atoms with van der Waals surface area (Å²) in [7, 11) is 0. The highest BCUT2D eigenvalue weighted by molar-refractivity contribution is 7.15. The van der Waals surface area contributed by atoms with E-state index in [1.807, 2.05) is 46.3 Å². The van der Waals surface area contributed by atoms with Gasteiger partial charge in [0, 0.05) is 41.0 Å². The molecule has 7 heteroatoms. The second kappa shape index (κ2) is 7.28. The van der Waals surface area contributed by atoms with Gasteiger partial charge in [-0.25, -0.2) is 13.8 Å². The molecule has 0 atom stereocenters. The minimum Gasteiger partial charge on any atom is -0.326 e. The molecular weight excluding hydrogens is 368 g/mol. The summed E-state index contributed by atoms with van der Waals surface area (Å²) >= 11 is 1.52. The molecular formula is C20H15F2N3OS. The summed E-state index contributed by atoms with van der Waals surface area (Å²) < 4.78 is 28.2. The average molecular weight is 383 g/mol. The van der Waals surface area contributed by atoms with Crippen LogP contribution in [-0.4, -0.2) is 15.3 Å². The van der Waals surface area contributed by atoms with E-state index in [1.54, 1.807) is 0 Å². The lowest BCUT2D eigenvalue weighted by atomic mass is 10.2. The van der Waals surface area contributed by atoms with Crippen molar-refractivity contribution in [3.63, 3.8) is 0 Å². The number of halogens is 2. The number of thiazole rings is 1. The summed E-state index contributed by atoms with van der Waals surface area (Å²) in [5.41, 5.74) is 3.14. The van der Waals surface area contributed by atoms with Crippen LogP contribution in [0.1, 0.15) is 12.1 Å². The number of hydrogen-bond donors (Lipinski definition) is 1. The third kappa shape index (κ3) is 3.73. The number of imidazole rings is 1. The molecule has 0 saturated heterocycles. The van der Waals surface area contributed by atoms with E-state index in [0.717, 1.165) is 34.0 Å². The number of anilines is 1. The molecule has 0 spiro atoms. The highest BCUT2D eigenvalue weighted by Crippen LogP contribution is 2.24. The standard InChI is InChI=1S/C20H15F2N3OS/c21-16-8-6-14(10-17(16)22)23-19(26)9-7-15-12-27-20-24-18(11-25(15)20)13-4-2-1-3-5-13/h1-6,8,10-12H,7,9H2,(H,23,26). The molecule has 0 aliphatic heterocycles. The van der Waals surface area contributed by atoms with Gasteiger partial charge < -0.3 is 5.32 Å². The molecule has 4 rings (SSSR count). The molecule has 0 unspecified atom stereocenters. The van der Waals surface area contributed by atoms with Crippen molar-refractivity contribution in [3.8, 4) is 11.3 Å². The molecule has 0 radical (unpaired) electrons. The summed E-state index contributed by atoms with van der Waals surface area (Å²) in [4.78, 5) is 17.6. The Labute approximate surface area is 158 Å². The van der Waals surface area contributed by atoms with Gasteiger partial charge in [0.15, 0.2) is 16.6 Å². The van der Waals surface area contributed by atoms with Crippen molar-refractivity contribution in [1.82, 2.24) is 9.38 Å². The predicted octanol–water partition coefficient (Wildman–Crippen LogP) is 4.91. The van der Waals surface area contributed by atoms with Crippen LogP contribution in [-0.2, 0) is 11.2 Å². The Kier molecular flexibility index (Phi) is 4.68. The van der Waals surface area contributed by atoms with Crippen LogP contribution in [0.3, 0.4) is 0 Å². The third-order valence-electron chi connectivity index (χ3n) is 4.16. The van der Waals surface area contributed by atoms with E-state index in [2.05, 4.69) is 10.3 Å². The van der Waals surface area contributed by atoms with Crippen LogP contribution in [0, 0.1) is 11.6 Å². The maximum Gasteiger partial charge on any atom is 0.224 e. The molecule has 27 heavy (non-hydrogen) atoms. The number of carbonyl (C=O) groups excluding carboxylic acids is 1. The molecule has 0 fully saturated rings. The molecule has 2 heterocycles. The van der Waals surface area contributed by atoms with Crippen LogP contribution in [0.5, 0.6) is 0 Å². The van der Waals surface area contributed by atoms with Crippen molar-refractivity contribution in [2.45, 2.75) is 12.8 Å². The fourth-order valence-corrected chi connectivity index (χ4v) is 3.70. The molecule has 0 aliphatic carbocycles. The van der Waals surface area contributed by atoms with E-state index >= 15 is 0 Å². The first-order chi connectivity index (χ1) is 13.1. The van der Waals surface area contributed by atoms with Gasteiger partial charge in [0.05, 0.1) is 5.69 Å². The molecule has 1 amide bonds. The molecule has 0 aliphatic rings. The molecule has 136 valence electrons. The zero-order valence-corrected chi connectivity index (χ0v) is 15.0. The summed E-state index contributed by atoms with van der Waals surface area (Å²) in [6.45, 7) is 0. The number of benzene rings is 2. The zero-order valence-electron chi connectivity index (χ0n) is 14.2. The van der Waals surface area contributed by atoms with Crippen molar-refractivity contribution in [1.29, 1.82) is 0 Å². The van der Waals surface area contributed by atoms with Gasteiger partial charge in [-0.15, -0.1) is 11.3 Å². The number of rotatable bonds is 5. The van der Waals surface area contributed by atoms with Crippen molar-refractivity contribution in [2.75, 3.05) is 5.32 Å². The third-order valence-corrected chi connectivity index (χ3v) is 5.05. The highest BCUT2D eigenvalue weighted by Gasteiger charge is 2.12. The van der Waals surface area contributed by atoms with E-state index in [-0.39, 0.29) is 18.0 Å². The number of fused-ring (bicyclic) bond motifs is 1. The number of hydrogen-bond acceptors (Lipinski definition) is 3. The van der Waals surface area contributed by atoms with E-state index < -0.39 is 11.6 Å². The first kappa shape index (κ1) is 17.4. The second-order valence-corrected chi connectivity index (χ2v) is 6.89. The minimum atomic E-state index is -0.987. The van der Waals surface area contributed by atoms with Gasteiger partial charge in [0.2, 0.25) is 5.91 Å². The average Bonchev–Trinajstić information content (AvgIpc) is 3.25. The fraction of sp³-hybridized carbons (Fsp3) is 0.100. The molecule has 2 aromatic heterocycles. The van der Waals surface area contributed by atoms with E-state index in [4.69, 9.17) is 0 Å². The normalized spacial score (nSPS) is 11.0. The number of amides is 1. The summed E-state index contributed by atoms with van der Waals surface area (Å²) in [5.74, 6) is -2.19. The van der Waals surface area contributed by atoms with Crippen LogP contribution in [0.2, 0.25) is 0 Å². The van der Waals surface area contributed by atoms with Crippen molar-refractivity contribution >= 4 is 27.9 Å². The lowest BCUT2D eigenvalue weighted by Gasteiger charge is -2.05. The van der Waals surface area contributed by atoms with E-state index in [0.29, 0.717) is 6.42 Å². The van der Waals surface area contributed by atoms with Gasteiger partial charge in [-0.05, 0) is 18.6 Å². The Bertz CT molecular complexity index is 1110. The Morgan fingerprint density at radius 2 is 1.93 bits per heavy atom. The number of aromatic nitrogens is 2. The minimum absolute atomic E-state index is 0.226. The monoisotopic (exact) mass is 383 g/mol. The first-order valence-corrected chi connectivity index (χ1v) is 9.24. The fourth-order valence-electron chi connectivity index (χ4n) is 2.80. The van der Waals surface area contributed by atoms with Crippen LogP contribution in [0.25, 0.3) is 16.2 Å². The van der Waals surface area contributed by atoms with Gasteiger partial charge in [-0.3, -0.25) is 9.20 Å². The molecule has 0 saturated carbocycles. The van der Waals surface area contributed by atoms with Crippen molar-refractivity contribution < 1.29 is 13.6 Å². The van der Waals surface area contributed by atoms with Gasteiger partial charge in [0.1, 0.15) is 0 Å². The van der Waals surface area contributed by atoms with Gasteiger partial charge in [0.25, 0.3) is 0 Å². The topological polar surface area (TPSA) is 46.4 Å². The summed E-state index contributed by atoms with van der Waals surface area (Å²) in [6.07, 6.45) is 2.70. The number of nitrogens with one attached hydrogen (secondary N) is 1. The molecule has 4 aromatic rings. The Morgan fingerprint density at radius 3 is 2.70 bits per heavy atom. The summed E-state index contributed by atoms with van der Waals surface area (Å²) in [5, 5.41) is 4.56. The smallest absolute Gasteiger partial charge is 0.224 e. The lowest BCUT2D eigenvalue weighted by Crippen LogP contribution is -2.13. The number of nitrogens with zero attached hydrogens (tertiary/aromatic N) is 2. The quantitative estimate of drug-likeness (QED) is 0.532. The van der Waals surface area contributed by atoms with Crippen LogP contribution >= 0.6 is 11.3 Å². The van der Waals surface area contributed by atoms with Crippen molar-refractivity contribution in [3.05, 3.63) is 77.4 Å². The Hall–Kier alpha value is -3.06. The largest absolute Gasteiger partial charge is 0.326 e. The Morgan fingerprint density at radius 1 is 1.11 bits per heavy atom. The van der Waals surface area contributed by atoms with Crippen LogP contribution in [0.15, 0.2) is 60.1 Å². The molecule has 0 bridgehead atoms. The highest BCUT2D eigenvalue weighted by atomic mass is 32.1. The second-order valence-electron chi connectivity index (χ2n) is 6.05. The molecule has 4 nitrogen and oxygen atoms in total. The molecule has 2 aromatic carbocycles. The van der Waals surface area contributed by atoms with Gasteiger partial charge in [-0.2, -0.15) is 0 Å². The SMILES string of the molecule is O=C(CCc1csc2nc(-c3ccccc3)cn12)Nc1ccc(F)c(F)c1. The first-order valence-electron chi connectivity index (χ1n) is 8.36. The van der Waals surface area contributed by atoms with Crippen LogP contribution in [0.4, 0.5) is 14.5 Å². The maximum absolute atomic E-state index is 13.2. The lowest BCUT2D eigenvalue weighted by molar-refractivity contribution is -0.116. The van der Waals surface area contributed by atoms with Crippen LogP contribution < -0.4 is 5.32 Å². The number of carbonyl (C=O) groups is 1. The van der Waals surface area contributed by atoms with Gasteiger partial charge >= 0.3 is 0 Å². The predicted molar refractivity (Wildman–Crippen MR) is 102 cm³/mol. The maximum atomic E-state index is 13.2. The van der Waals surface area contributed by atoms with Crippen molar-refractivity contribution in [2.24, 2.45) is 0 Å². The Balaban J connectivity index is 1.45. The van der Waals surface area contributed by atoms with E-state index in [9.17, 15) is 13.6 Å². The molecule has 1 N–H and O–H groups in total. The van der Waals surface area contributed by atoms with E-state index in [1.165, 1.54) is 17.4 Å². The zero-order chi connectivity index (χ0) is 18.8. The number of aryl methyl sites for hydroxylation is 1. The van der Waals surface area contributed by atoms with Gasteiger partial charge in [-0.1, -0.05) is 30.3 Å². The summed E-state index contributed by atoms with van der Waals surface area (Å²) in [6, 6.07) is 13.2.